The van der Waals surface area contributed by atoms with Gasteiger partial charge < -0.3 is 10.6 Å². The van der Waals surface area contributed by atoms with Crippen LogP contribution in [0.15, 0.2) is 48.5 Å². The lowest BCUT2D eigenvalue weighted by molar-refractivity contribution is -0.115. The van der Waals surface area contributed by atoms with Crippen LogP contribution in [0, 0.1) is 16.7 Å². The van der Waals surface area contributed by atoms with E-state index in [0.717, 1.165) is 5.56 Å². The van der Waals surface area contributed by atoms with Gasteiger partial charge in [0, 0.05) is 11.7 Å². The Morgan fingerprint density at radius 2 is 1.88 bits per heavy atom. The predicted molar refractivity (Wildman–Crippen MR) is 101 cm³/mol. The number of nitriles is 1. The number of hydrogen-bond acceptors (Lipinski definition) is 3. The van der Waals surface area contributed by atoms with Gasteiger partial charge in [0.15, 0.2) is 0 Å². The van der Waals surface area contributed by atoms with Gasteiger partial charge in [-0.05, 0) is 29.2 Å². The van der Waals surface area contributed by atoms with E-state index in [1.807, 2.05) is 24.3 Å². The molecule has 0 bridgehead atoms. The Bertz CT molecular complexity index is 776. The second kappa shape index (κ2) is 8.15. The third-order valence-corrected chi connectivity index (χ3v) is 4.15. The zero-order chi connectivity index (χ0) is 18.4. The number of rotatable bonds is 5. The Hall–Kier alpha value is -2.35. The van der Waals surface area contributed by atoms with Gasteiger partial charge in [-0.2, -0.15) is 5.26 Å². The number of carbonyl (C=O) groups is 1. The zero-order valence-corrected chi connectivity index (χ0v) is 15.4. The summed E-state index contributed by atoms with van der Waals surface area (Å²) in [6.07, 6.45) is 0. The molecule has 130 valence electrons. The van der Waals surface area contributed by atoms with Gasteiger partial charge in [-0.3, -0.25) is 4.79 Å². The molecule has 2 aromatic carbocycles. The molecule has 1 amide bonds. The maximum Gasteiger partial charge on any atom is 0.238 e. The van der Waals surface area contributed by atoms with Crippen molar-refractivity contribution in [3.05, 3.63) is 64.7 Å². The van der Waals surface area contributed by atoms with Gasteiger partial charge in [0.05, 0.1) is 17.1 Å². The number of nitrogens with zero attached hydrogens (tertiary/aromatic N) is 1. The van der Waals surface area contributed by atoms with Crippen LogP contribution >= 0.6 is 11.6 Å². The van der Waals surface area contributed by atoms with E-state index in [9.17, 15) is 4.79 Å². The quantitative estimate of drug-likeness (QED) is 0.828. The molecule has 0 aliphatic rings. The normalized spacial score (nSPS) is 12.3. The Morgan fingerprint density at radius 3 is 2.44 bits per heavy atom. The highest BCUT2D eigenvalue weighted by molar-refractivity contribution is 6.32. The first-order chi connectivity index (χ1) is 11.8. The van der Waals surface area contributed by atoms with Gasteiger partial charge in [-0.1, -0.05) is 62.7 Å². The molecule has 0 radical (unpaired) electrons. The lowest BCUT2D eigenvalue weighted by Gasteiger charge is -2.32. The van der Waals surface area contributed by atoms with Crippen LogP contribution in [0.4, 0.5) is 5.69 Å². The molecular weight excluding hydrogens is 334 g/mol. The molecule has 0 aromatic heterocycles. The molecule has 0 aliphatic heterocycles. The third kappa shape index (κ3) is 5.32. The first-order valence-electron chi connectivity index (χ1n) is 8.09. The lowest BCUT2D eigenvalue weighted by Crippen LogP contribution is -2.37. The number of hydrogen-bond donors (Lipinski definition) is 2. The number of amides is 1. The largest absolute Gasteiger partial charge is 0.325 e. The Labute approximate surface area is 153 Å². The van der Waals surface area contributed by atoms with Crippen LogP contribution in [0.2, 0.25) is 5.02 Å². The van der Waals surface area contributed by atoms with Crippen LogP contribution in [0.25, 0.3) is 0 Å². The molecule has 1 unspecified atom stereocenters. The summed E-state index contributed by atoms with van der Waals surface area (Å²) in [5.74, 6) is -0.161. The molecular formula is C20H22ClN3O. The number of halogens is 1. The predicted octanol–water partition coefficient (Wildman–Crippen LogP) is 4.53. The Balaban J connectivity index is 2.02. The summed E-state index contributed by atoms with van der Waals surface area (Å²) in [4.78, 5) is 12.3. The van der Waals surface area contributed by atoms with Crippen LogP contribution in [0.1, 0.15) is 37.9 Å². The van der Waals surface area contributed by atoms with Crippen LogP contribution in [0.5, 0.6) is 0 Å². The van der Waals surface area contributed by atoms with Gasteiger partial charge in [-0.25, -0.2) is 0 Å². The summed E-state index contributed by atoms with van der Waals surface area (Å²) in [6, 6.07) is 17.0. The maximum atomic E-state index is 12.3. The van der Waals surface area contributed by atoms with E-state index >= 15 is 0 Å². The molecule has 0 saturated heterocycles. The number of benzene rings is 2. The fraction of sp³-hybridized carbons (Fsp3) is 0.300. The molecule has 0 saturated carbocycles. The van der Waals surface area contributed by atoms with Crippen molar-refractivity contribution in [3.8, 4) is 6.07 Å². The summed E-state index contributed by atoms with van der Waals surface area (Å²) < 4.78 is 0. The van der Waals surface area contributed by atoms with Crippen molar-refractivity contribution >= 4 is 23.2 Å². The van der Waals surface area contributed by atoms with Crippen LogP contribution in [0.3, 0.4) is 0 Å². The molecule has 2 N–H and O–H groups in total. The van der Waals surface area contributed by atoms with E-state index in [1.54, 1.807) is 18.2 Å². The monoisotopic (exact) mass is 355 g/mol. The highest BCUT2D eigenvalue weighted by Crippen LogP contribution is 2.32. The van der Waals surface area contributed by atoms with Crippen LogP contribution in [-0.2, 0) is 4.79 Å². The fourth-order valence-electron chi connectivity index (χ4n) is 2.65. The fourth-order valence-corrected chi connectivity index (χ4v) is 2.88. The topological polar surface area (TPSA) is 64.9 Å². The average Bonchev–Trinajstić information content (AvgIpc) is 2.55. The Kier molecular flexibility index (Phi) is 6.19. The van der Waals surface area contributed by atoms with Crippen molar-refractivity contribution in [2.45, 2.75) is 26.8 Å². The molecule has 25 heavy (non-hydrogen) atoms. The minimum Gasteiger partial charge on any atom is -0.325 e. The second-order valence-corrected chi connectivity index (χ2v) is 7.35. The van der Waals surface area contributed by atoms with E-state index in [0.29, 0.717) is 16.3 Å². The first-order valence-corrected chi connectivity index (χ1v) is 8.47. The first kappa shape index (κ1) is 19.0. The summed E-state index contributed by atoms with van der Waals surface area (Å²) in [5.41, 5.74) is 2.06. The molecule has 2 rings (SSSR count). The molecule has 0 fully saturated rings. The highest BCUT2D eigenvalue weighted by Gasteiger charge is 2.26. The number of carbonyl (C=O) groups excluding carboxylic acids is 1. The van der Waals surface area contributed by atoms with E-state index in [1.165, 1.54) is 0 Å². The van der Waals surface area contributed by atoms with Crippen molar-refractivity contribution in [3.63, 3.8) is 0 Å². The van der Waals surface area contributed by atoms with Gasteiger partial charge in [0.1, 0.15) is 6.07 Å². The molecule has 4 nitrogen and oxygen atoms in total. The molecule has 1 atom stereocenters. The summed E-state index contributed by atoms with van der Waals surface area (Å²) in [5, 5.41) is 15.3. The Morgan fingerprint density at radius 1 is 1.20 bits per heavy atom. The van der Waals surface area contributed by atoms with E-state index in [4.69, 9.17) is 16.9 Å². The minimum absolute atomic E-state index is 0.0423. The molecule has 2 aromatic rings. The summed E-state index contributed by atoms with van der Waals surface area (Å²) >= 11 is 5.99. The minimum atomic E-state index is -0.161. The lowest BCUT2D eigenvalue weighted by atomic mass is 9.82. The van der Waals surface area contributed by atoms with E-state index in [-0.39, 0.29) is 23.9 Å². The third-order valence-electron chi connectivity index (χ3n) is 3.84. The van der Waals surface area contributed by atoms with Crippen molar-refractivity contribution in [1.29, 1.82) is 5.26 Å². The van der Waals surface area contributed by atoms with Crippen molar-refractivity contribution in [2.75, 3.05) is 11.9 Å². The number of anilines is 1. The van der Waals surface area contributed by atoms with Crippen LogP contribution in [-0.4, -0.2) is 12.5 Å². The summed E-state index contributed by atoms with van der Waals surface area (Å²) in [6.45, 7) is 6.58. The van der Waals surface area contributed by atoms with Crippen molar-refractivity contribution < 1.29 is 4.79 Å². The molecule has 0 spiro atoms. The second-order valence-electron chi connectivity index (χ2n) is 6.95. The number of nitrogens with one attached hydrogen (secondary N) is 2. The molecule has 5 heteroatoms. The van der Waals surface area contributed by atoms with Crippen molar-refractivity contribution in [2.24, 2.45) is 5.41 Å². The molecule has 0 heterocycles. The highest BCUT2D eigenvalue weighted by atomic mass is 35.5. The standard InChI is InChI=1S/C20H22ClN3O/c1-20(2,3)19(14-7-5-4-6-8-14)23-13-18(25)24-16-10-9-15(12-22)17(21)11-16/h4-11,19,23H,13H2,1-3H3,(H,24,25). The zero-order valence-electron chi connectivity index (χ0n) is 14.6. The smallest absolute Gasteiger partial charge is 0.238 e. The van der Waals surface area contributed by atoms with Crippen LogP contribution < -0.4 is 10.6 Å². The maximum absolute atomic E-state index is 12.3. The summed E-state index contributed by atoms with van der Waals surface area (Å²) in [7, 11) is 0. The van der Waals surface area contributed by atoms with Gasteiger partial charge in [-0.15, -0.1) is 0 Å². The molecule has 0 aliphatic carbocycles. The average molecular weight is 356 g/mol. The SMILES string of the molecule is CC(C)(C)C(NCC(=O)Nc1ccc(C#N)c(Cl)c1)c1ccccc1. The van der Waals surface area contributed by atoms with E-state index < -0.39 is 0 Å². The van der Waals surface area contributed by atoms with E-state index in [2.05, 4.69) is 43.5 Å². The van der Waals surface area contributed by atoms with Gasteiger partial charge in [0.25, 0.3) is 0 Å². The van der Waals surface area contributed by atoms with Crippen molar-refractivity contribution in [1.82, 2.24) is 5.32 Å². The van der Waals surface area contributed by atoms with Gasteiger partial charge >= 0.3 is 0 Å². The van der Waals surface area contributed by atoms with Gasteiger partial charge in [0.2, 0.25) is 5.91 Å².